The fourth-order valence-electron chi connectivity index (χ4n) is 4.24. The van der Waals surface area contributed by atoms with Crippen LogP contribution in [0.3, 0.4) is 0 Å². The third kappa shape index (κ3) is 2.37. The Balaban J connectivity index is 1.77. The molecule has 2 aliphatic rings. The third-order valence-corrected chi connectivity index (χ3v) is 5.37. The molecule has 1 fully saturated rings. The van der Waals surface area contributed by atoms with E-state index in [1.807, 2.05) is 11.8 Å². The normalized spacial score (nSPS) is 18.9. The molecule has 0 spiro atoms. The van der Waals surface area contributed by atoms with Gasteiger partial charge in [-0.25, -0.2) is 0 Å². The van der Waals surface area contributed by atoms with Gasteiger partial charge in [0, 0.05) is 12.1 Å². The number of fused-ring (bicyclic) bond motifs is 3. The van der Waals surface area contributed by atoms with Gasteiger partial charge in [0.1, 0.15) is 0 Å². The maximum absolute atomic E-state index is 12.6. The lowest BCUT2D eigenvalue weighted by Crippen LogP contribution is -2.39. The van der Waals surface area contributed by atoms with Crippen molar-refractivity contribution in [3.8, 4) is 11.1 Å². The topological polar surface area (TPSA) is 20.3 Å². The smallest absolute Gasteiger partial charge is 0.249 e. The number of carbonyl (C=O) groups excluding carboxylic acids is 1. The lowest BCUT2D eigenvalue weighted by Gasteiger charge is -2.37. The summed E-state index contributed by atoms with van der Waals surface area (Å²) in [5, 5.41) is 0. The Hall–Kier alpha value is -2.35. The summed E-state index contributed by atoms with van der Waals surface area (Å²) in [6.07, 6.45) is 4.30. The number of piperidine rings is 1. The number of amides is 1. The van der Waals surface area contributed by atoms with E-state index in [9.17, 15) is 4.79 Å². The van der Waals surface area contributed by atoms with Crippen molar-refractivity contribution in [3.63, 3.8) is 0 Å². The molecule has 1 aliphatic carbocycles. The number of likely N-dealkylation sites (tertiary alicyclic amines) is 1. The molecule has 2 aromatic carbocycles. The minimum absolute atomic E-state index is 0.104. The van der Waals surface area contributed by atoms with Crippen LogP contribution in [0, 0.1) is 0 Å². The zero-order chi connectivity index (χ0) is 16.7. The first-order valence-corrected chi connectivity index (χ1v) is 8.83. The minimum Gasteiger partial charge on any atom is -0.332 e. The summed E-state index contributed by atoms with van der Waals surface area (Å²) < 4.78 is 0. The molecule has 0 saturated carbocycles. The molecular formula is C22H23NO. The highest BCUT2D eigenvalue weighted by molar-refractivity contribution is 5.92. The molecular weight excluding hydrogens is 294 g/mol. The zero-order valence-electron chi connectivity index (χ0n) is 14.2. The monoisotopic (exact) mass is 317 g/mol. The molecule has 1 unspecified atom stereocenters. The van der Waals surface area contributed by atoms with Crippen LogP contribution in [0.5, 0.6) is 0 Å². The molecule has 24 heavy (non-hydrogen) atoms. The predicted molar refractivity (Wildman–Crippen MR) is 97.8 cm³/mol. The van der Waals surface area contributed by atoms with Crippen molar-refractivity contribution < 1.29 is 4.79 Å². The minimum atomic E-state index is 0.104. The van der Waals surface area contributed by atoms with Crippen LogP contribution < -0.4 is 0 Å². The highest BCUT2D eigenvalue weighted by atomic mass is 16.2. The molecule has 2 nitrogen and oxygen atoms in total. The van der Waals surface area contributed by atoms with E-state index >= 15 is 0 Å². The van der Waals surface area contributed by atoms with Crippen molar-refractivity contribution in [1.82, 2.24) is 4.90 Å². The van der Waals surface area contributed by atoms with E-state index in [1.54, 1.807) is 0 Å². The van der Waals surface area contributed by atoms with Crippen LogP contribution in [0.2, 0.25) is 0 Å². The van der Waals surface area contributed by atoms with E-state index < -0.39 is 0 Å². The zero-order valence-corrected chi connectivity index (χ0v) is 14.2. The molecule has 0 aromatic heterocycles. The van der Waals surface area contributed by atoms with E-state index in [4.69, 9.17) is 0 Å². The quantitative estimate of drug-likeness (QED) is 0.616. The van der Waals surface area contributed by atoms with Crippen molar-refractivity contribution in [2.45, 2.75) is 38.6 Å². The highest BCUT2D eigenvalue weighted by Crippen LogP contribution is 2.43. The molecule has 4 rings (SSSR count). The number of rotatable bonds is 2. The summed E-state index contributed by atoms with van der Waals surface area (Å²) in [4.78, 5) is 14.7. The Morgan fingerprint density at radius 3 is 2.71 bits per heavy atom. The summed E-state index contributed by atoms with van der Waals surface area (Å²) in [7, 11) is 0. The van der Waals surface area contributed by atoms with Gasteiger partial charge in [0.25, 0.3) is 0 Å². The first kappa shape index (κ1) is 15.2. The Kier molecular flexibility index (Phi) is 3.76. The molecule has 0 radical (unpaired) electrons. The molecule has 0 bridgehead atoms. The van der Waals surface area contributed by atoms with Crippen molar-refractivity contribution in [1.29, 1.82) is 0 Å². The van der Waals surface area contributed by atoms with Crippen LogP contribution >= 0.6 is 0 Å². The lowest BCUT2D eigenvalue weighted by atomic mass is 9.89. The van der Waals surface area contributed by atoms with Gasteiger partial charge < -0.3 is 4.90 Å². The van der Waals surface area contributed by atoms with Gasteiger partial charge in [0.15, 0.2) is 0 Å². The fourth-order valence-corrected chi connectivity index (χ4v) is 4.24. The van der Waals surface area contributed by atoms with E-state index in [-0.39, 0.29) is 11.9 Å². The van der Waals surface area contributed by atoms with E-state index in [2.05, 4.69) is 49.0 Å². The van der Waals surface area contributed by atoms with Gasteiger partial charge in [-0.15, -0.1) is 0 Å². The van der Waals surface area contributed by atoms with Crippen LogP contribution in [0.25, 0.3) is 11.1 Å². The van der Waals surface area contributed by atoms with Crippen LogP contribution in [-0.4, -0.2) is 17.4 Å². The van der Waals surface area contributed by atoms with Gasteiger partial charge in [-0.05, 0) is 60.4 Å². The molecule has 122 valence electrons. The van der Waals surface area contributed by atoms with Gasteiger partial charge in [-0.1, -0.05) is 49.0 Å². The highest BCUT2D eigenvalue weighted by Gasteiger charge is 2.31. The van der Waals surface area contributed by atoms with Gasteiger partial charge in [0.05, 0.1) is 6.04 Å². The molecule has 1 atom stereocenters. The summed E-state index contributed by atoms with van der Waals surface area (Å²) in [5.41, 5.74) is 7.47. The first-order chi connectivity index (χ1) is 11.7. The van der Waals surface area contributed by atoms with Crippen molar-refractivity contribution in [2.24, 2.45) is 0 Å². The largest absolute Gasteiger partial charge is 0.332 e. The molecule has 1 aliphatic heterocycles. The van der Waals surface area contributed by atoms with Gasteiger partial charge in [-0.3, -0.25) is 4.79 Å². The van der Waals surface area contributed by atoms with Gasteiger partial charge in [0.2, 0.25) is 5.91 Å². The average molecular weight is 317 g/mol. The first-order valence-electron chi connectivity index (χ1n) is 8.83. The molecule has 2 aromatic rings. The molecule has 1 saturated heterocycles. The van der Waals surface area contributed by atoms with Crippen molar-refractivity contribution >= 4 is 5.91 Å². The summed E-state index contributed by atoms with van der Waals surface area (Å²) in [6.45, 7) is 6.53. The van der Waals surface area contributed by atoms with Crippen LogP contribution in [0.1, 0.15) is 48.9 Å². The van der Waals surface area contributed by atoms with Crippen LogP contribution in [0.15, 0.2) is 54.6 Å². The molecule has 0 N–H and O–H groups in total. The standard InChI is InChI=1S/C22H23NO/c1-15(2)22(24)23-13-6-5-12-21(23)19-11-7-10-18-17-9-4-3-8-16(17)14-20(18)19/h3-4,7-11,21H,1,5-6,12-14H2,2H3. The maximum Gasteiger partial charge on any atom is 0.249 e. The number of hydrogen-bond donors (Lipinski definition) is 0. The Bertz CT molecular complexity index is 820. The second-order valence-corrected chi connectivity index (χ2v) is 7.00. The van der Waals surface area contributed by atoms with Gasteiger partial charge >= 0.3 is 0 Å². The van der Waals surface area contributed by atoms with Crippen LogP contribution in [-0.2, 0) is 11.2 Å². The Morgan fingerprint density at radius 2 is 1.88 bits per heavy atom. The van der Waals surface area contributed by atoms with E-state index in [0.29, 0.717) is 5.57 Å². The number of hydrogen-bond acceptors (Lipinski definition) is 1. The fraction of sp³-hybridized carbons (Fsp3) is 0.318. The maximum atomic E-state index is 12.6. The molecule has 1 amide bonds. The van der Waals surface area contributed by atoms with E-state index in [0.717, 1.165) is 25.8 Å². The van der Waals surface area contributed by atoms with Crippen molar-refractivity contribution in [2.75, 3.05) is 6.54 Å². The van der Waals surface area contributed by atoms with Crippen molar-refractivity contribution in [3.05, 3.63) is 71.3 Å². The van der Waals surface area contributed by atoms with Crippen LogP contribution in [0.4, 0.5) is 0 Å². The van der Waals surface area contributed by atoms with E-state index in [1.165, 1.54) is 34.2 Å². The summed E-state index contributed by atoms with van der Waals surface area (Å²) in [5.74, 6) is 0.104. The second kappa shape index (κ2) is 5.94. The third-order valence-electron chi connectivity index (χ3n) is 5.37. The number of benzene rings is 2. The Morgan fingerprint density at radius 1 is 1.08 bits per heavy atom. The lowest BCUT2D eigenvalue weighted by molar-refractivity contribution is -0.130. The second-order valence-electron chi connectivity index (χ2n) is 7.00. The average Bonchev–Trinajstić information content (AvgIpc) is 3.00. The molecule has 1 heterocycles. The SMILES string of the molecule is C=C(C)C(=O)N1CCCCC1c1cccc2c1Cc1ccccc1-2. The predicted octanol–water partition coefficient (Wildman–Crippen LogP) is 4.89. The van der Waals surface area contributed by atoms with Gasteiger partial charge in [-0.2, -0.15) is 0 Å². The number of carbonyl (C=O) groups is 1. The summed E-state index contributed by atoms with van der Waals surface area (Å²) in [6, 6.07) is 15.4. The Labute approximate surface area is 143 Å². The summed E-state index contributed by atoms with van der Waals surface area (Å²) >= 11 is 0. The number of nitrogens with zero attached hydrogens (tertiary/aromatic N) is 1. The molecule has 2 heteroatoms.